The topological polar surface area (TPSA) is 44.5 Å². The van der Waals surface area contributed by atoms with Gasteiger partial charge in [0.05, 0.1) is 18.9 Å². The maximum Gasteiger partial charge on any atom is 0.411 e. The Morgan fingerprint density at radius 3 is 2.50 bits per heavy atom. The Labute approximate surface area is 101 Å². The molecule has 0 radical (unpaired) electrons. The van der Waals surface area contributed by atoms with Crippen molar-refractivity contribution in [2.75, 3.05) is 25.6 Å². The van der Waals surface area contributed by atoms with Crippen LogP contribution in [0.25, 0.3) is 0 Å². The van der Waals surface area contributed by atoms with Crippen LogP contribution in [0.5, 0.6) is 5.75 Å². The van der Waals surface area contributed by atoms with Gasteiger partial charge >= 0.3 is 6.18 Å². The van der Waals surface area contributed by atoms with E-state index in [4.69, 9.17) is 10.5 Å². The molecule has 0 aliphatic carbocycles. The Morgan fingerprint density at radius 2 is 1.89 bits per heavy atom. The molecule has 0 saturated heterocycles. The highest BCUT2D eigenvalue weighted by molar-refractivity contribution is 5.52. The fraction of sp³-hybridized carbons (Fsp3) is 0.455. The summed E-state index contributed by atoms with van der Waals surface area (Å²) in [5.41, 5.74) is 5.62. The molecule has 0 aromatic heterocycles. The molecular weight excluding hydrogens is 254 g/mol. The van der Waals surface area contributed by atoms with E-state index in [1.54, 1.807) is 0 Å². The van der Waals surface area contributed by atoms with Crippen molar-refractivity contribution in [1.82, 2.24) is 0 Å². The smallest absolute Gasteiger partial charge is 0.411 e. The maximum atomic E-state index is 12.7. The number of hydrogen-bond donors (Lipinski definition) is 1. The Balaban J connectivity index is 2.18. The molecule has 0 spiro atoms. The average molecular weight is 267 g/mol. The van der Waals surface area contributed by atoms with Crippen LogP contribution in [0.2, 0.25) is 0 Å². The third kappa shape index (κ3) is 5.72. The van der Waals surface area contributed by atoms with Gasteiger partial charge in [0, 0.05) is 12.5 Å². The Morgan fingerprint density at radius 1 is 1.17 bits per heavy atom. The molecule has 0 unspecified atom stereocenters. The summed E-state index contributed by atoms with van der Waals surface area (Å²) in [6.07, 6.45) is -4.03. The molecule has 0 fully saturated rings. The summed E-state index contributed by atoms with van der Waals surface area (Å²) >= 11 is 0. The Bertz CT molecular complexity index is 382. The van der Waals surface area contributed by atoms with Gasteiger partial charge in [0.2, 0.25) is 0 Å². The molecule has 0 aliphatic heterocycles. The maximum absolute atomic E-state index is 12.7. The van der Waals surface area contributed by atoms with Crippen LogP contribution in [0.4, 0.5) is 23.2 Å². The van der Waals surface area contributed by atoms with Crippen LogP contribution < -0.4 is 10.5 Å². The van der Waals surface area contributed by atoms with Crippen LogP contribution in [0.15, 0.2) is 18.2 Å². The van der Waals surface area contributed by atoms with Crippen LogP contribution >= 0.6 is 0 Å². The van der Waals surface area contributed by atoms with Crippen LogP contribution in [-0.4, -0.2) is 26.0 Å². The molecule has 2 N–H and O–H groups in total. The number of rotatable bonds is 6. The lowest BCUT2D eigenvalue weighted by atomic mass is 10.3. The zero-order valence-electron chi connectivity index (χ0n) is 9.47. The van der Waals surface area contributed by atoms with E-state index < -0.39 is 18.6 Å². The molecule has 102 valence electrons. The van der Waals surface area contributed by atoms with Crippen LogP contribution in [-0.2, 0) is 4.74 Å². The number of benzene rings is 1. The van der Waals surface area contributed by atoms with Crippen molar-refractivity contribution >= 4 is 5.69 Å². The Kier molecular flexibility index (Phi) is 5.21. The van der Waals surface area contributed by atoms with E-state index >= 15 is 0 Å². The molecule has 3 nitrogen and oxygen atoms in total. The van der Waals surface area contributed by atoms with Gasteiger partial charge in [0.25, 0.3) is 0 Å². The molecule has 0 aliphatic rings. The highest BCUT2D eigenvalue weighted by atomic mass is 19.4. The van der Waals surface area contributed by atoms with Crippen molar-refractivity contribution in [1.29, 1.82) is 0 Å². The number of anilines is 1. The highest BCUT2D eigenvalue weighted by Gasteiger charge is 2.27. The largest absolute Gasteiger partial charge is 0.491 e. The van der Waals surface area contributed by atoms with Gasteiger partial charge in [-0.25, -0.2) is 4.39 Å². The summed E-state index contributed by atoms with van der Waals surface area (Å²) in [6, 6.07) is 3.66. The first-order valence-electron chi connectivity index (χ1n) is 5.21. The molecule has 1 rings (SSSR count). The van der Waals surface area contributed by atoms with E-state index in [9.17, 15) is 17.6 Å². The van der Waals surface area contributed by atoms with Crippen molar-refractivity contribution in [3.63, 3.8) is 0 Å². The lowest BCUT2D eigenvalue weighted by molar-refractivity contribution is -0.174. The van der Waals surface area contributed by atoms with E-state index in [0.717, 1.165) is 6.07 Å². The van der Waals surface area contributed by atoms with E-state index in [1.165, 1.54) is 12.1 Å². The summed E-state index contributed by atoms with van der Waals surface area (Å²) in [6.45, 7) is -1.19. The zero-order valence-corrected chi connectivity index (χ0v) is 9.47. The minimum atomic E-state index is -4.32. The summed E-state index contributed by atoms with van der Waals surface area (Å²) < 4.78 is 57.4. The summed E-state index contributed by atoms with van der Waals surface area (Å²) in [4.78, 5) is 0. The number of ether oxygens (including phenoxy) is 2. The van der Waals surface area contributed by atoms with Crippen molar-refractivity contribution in [2.24, 2.45) is 0 Å². The number of nitrogen functional groups attached to an aromatic ring is 1. The second-order valence-corrected chi connectivity index (χ2v) is 3.55. The number of nitrogens with two attached hydrogens (primary N) is 1. The van der Waals surface area contributed by atoms with Crippen LogP contribution in [0.1, 0.15) is 6.42 Å². The third-order valence-corrected chi connectivity index (χ3v) is 1.93. The second kappa shape index (κ2) is 6.44. The summed E-state index contributed by atoms with van der Waals surface area (Å²) in [5.74, 6) is -0.180. The average Bonchev–Trinajstić information content (AvgIpc) is 2.24. The standard InChI is InChI=1S/C11H13F4NO2/c12-8-2-3-10(9(16)6-8)18-5-1-4-17-7-11(13,14)15/h2-3,6H,1,4-5,7,16H2. The molecule has 0 amide bonds. The molecule has 0 bridgehead atoms. The van der Waals surface area contributed by atoms with Crippen molar-refractivity contribution in [3.8, 4) is 5.75 Å². The van der Waals surface area contributed by atoms with Gasteiger partial charge in [-0.05, 0) is 12.1 Å². The third-order valence-electron chi connectivity index (χ3n) is 1.93. The van der Waals surface area contributed by atoms with Crippen LogP contribution in [0.3, 0.4) is 0 Å². The van der Waals surface area contributed by atoms with Gasteiger partial charge in [-0.15, -0.1) is 0 Å². The fourth-order valence-corrected chi connectivity index (χ4v) is 1.18. The van der Waals surface area contributed by atoms with E-state index in [2.05, 4.69) is 4.74 Å². The minimum absolute atomic E-state index is 0.0688. The van der Waals surface area contributed by atoms with Crippen molar-refractivity contribution in [3.05, 3.63) is 24.0 Å². The molecule has 1 aromatic rings. The molecule has 18 heavy (non-hydrogen) atoms. The molecule has 0 heterocycles. The van der Waals surface area contributed by atoms with Crippen LogP contribution in [0, 0.1) is 5.82 Å². The lowest BCUT2D eigenvalue weighted by Gasteiger charge is -2.10. The first kappa shape index (κ1) is 14.6. The molecule has 0 saturated carbocycles. The van der Waals surface area contributed by atoms with Gasteiger partial charge in [-0.1, -0.05) is 0 Å². The predicted octanol–water partition coefficient (Wildman–Crippen LogP) is 2.76. The van der Waals surface area contributed by atoms with Gasteiger partial charge < -0.3 is 15.2 Å². The fourth-order valence-electron chi connectivity index (χ4n) is 1.18. The van der Waals surface area contributed by atoms with Gasteiger partial charge in [-0.2, -0.15) is 13.2 Å². The van der Waals surface area contributed by atoms with E-state index in [0.29, 0.717) is 5.75 Å². The predicted molar refractivity (Wildman–Crippen MR) is 57.8 cm³/mol. The minimum Gasteiger partial charge on any atom is -0.491 e. The molecular formula is C11H13F4NO2. The SMILES string of the molecule is Nc1cc(F)ccc1OCCCOCC(F)(F)F. The first-order chi connectivity index (χ1) is 8.38. The second-order valence-electron chi connectivity index (χ2n) is 3.55. The summed E-state index contributed by atoms with van der Waals surface area (Å²) in [5, 5.41) is 0. The molecule has 7 heteroatoms. The zero-order chi connectivity index (χ0) is 13.6. The van der Waals surface area contributed by atoms with Gasteiger partial charge in [0.1, 0.15) is 18.2 Å². The molecule has 0 atom stereocenters. The first-order valence-corrected chi connectivity index (χ1v) is 5.21. The van der Waals surface area contributed by atoms with Gasteiger partial charge in [-0.3, -0.25) is 0 Å². The Hall–Kier alpha value is -1.50. The number of alkyl halides is 3. The number of hydrogen-bond acceptors (Lipinski definition) is 3. The number of halogens is 4. The van der Waals surface area contributed by atoms with E-state index in [1.807, 2.05) is 0 Å². The van der Waals surface area contributed by atoms with Gasteiger partial charge in [0.15, 0.2) is 0 Å². The lowest BCUT2D eigenvalue weighted by Crippen LogP contribution is -2.18. The van der Waals surface area contributed by atoms with E-state index in [-0.39, 0.29) is 25.3 Å². The molecule has 1 aromatic carbocycles. The van der Waals surface area contributed by atoms with Crippen molar-refractivity contribution < 1.29 is 27.0 Å². The van der Waals surface area contributed by atoms with Crippen molar-refractivity contribution in [2.45, 2.75) is 12.6 Å². The highest BCUT2D eigenvalue weighted by Crippen LogP contribution is 2.21. The monoisotopic (exact) mass is 267 g/mol. The normalized spacial score (nSPS) is 11.6. The quantitative estimate of drug-likeness (QED) is 0.489. The summed E-state index contributed by atoms with van der Waals surface area (Å²) in [7, 11) is 0.